The number of aliphatic hydroxyl groups excluding tert-OH is 2. The van der Waals surface area contributed by atoms with E-state index in [1.54, 1.807) is 0 Å². The second-order valence-electron chi connectivity index (χ2n) is 2.90. The lowest BCUT2D eigenvalue weighted by Gasteiger charge is -2.08. The van der Waals surface area contributed by atoms with Crippen molar-refractivity contribution in [1.82, 2.24) is 0 Å². The van der Waals surface area contributed by atoms with Crippen LogP contribution in [0.25, 0.3) is 0 Å². The van der Waals surface area contributed by atoms with Gasteiger partial charge in [0.05, 0.1) is 6.61 Å². The number of hydrogen-bond donors (Lipinski definition) is 2. The minimum absolute atomic E-state index is 0.0380. The quantitative estimate of drug-likeness (QED) is 0.452. The summed E-state index contributed by atoms with van der Waals surface area (Å²) < 4.78 is 4.54. The Labute approximate surface area is 78.5 Å². The highest BCUT2D eigenvalue weighted by atomic mass is 16.6. The van der Waals surface area contributed by atoms with Crippen LogP contribution in [0.5, 0.6) is 0 Å². The molecule has 0 aromatic rings. The van der Waals surface area contributed by atoms with Crippen LogP contribution in [0.4, 0.5) is 0 Å². The number of unbranched alkanes of at least 4 members (excludes halogenated alkanes) is 2. The molecule has 0 aliphatic rings. The zero-order chi connectivity index (χ0) is 10.1. The van der Waals surface area contributed by atoms with Crippen LogP contribution in [0, 0.1) is 0 Å². The fourth-order valence-electron chi connectivity index (χ4n) is 0.948. The van der Waals surface area contributed by atoms with E-state index in [-0.39, 0.29) is 13.2 Å². The maximum Gasteiger partial charge on any atom is 0.335 e. The first-order valence-electron chi connectivity index (χ1n) is 4.68. The van der Waals surface area contributed by atoms with Crippen LogP contribution < -0.4 is 0 Å². The van der Waals surface area contributed by atoms with Gasteiger partial charge in [0.2, 0.25) is 0 Å². The third-order valence-corrected chi connectivity index (χ3v) is 1.69. The van der Waals surface area contributed by atoms with Crippen molar-refractivity contribution in [2.24, 2.45) is 0 Å². The lowest BCUT2D eigenvalue weighted by atomic mass is 10.1. The third kappa shape index (κ3) is 6.54. The molecule has 0 heterocycles. The molecular formula is C9H18O4. The Morgan fingerprint density at radius 3 is 2.69 bits per heavy atom. The van der Waals surface area contributed by atoms with Gasteiger partial charge in [-0.25, -0.2) is 4.79 Å². The van der Waals surface area contributed by atoms with Crippen LogP contribution >= 0.6 is 0 Å². The van der Waals surface area contributed by atoms with Gasteiger partial charge >= 0.3 is 5.97 Å². The molecule has 0 radical (unpaired) electrons. The number of hydrogen-bond acceptors (Lipinski definition) is 4. The molecule has 0 aliphatic heterocycles. The molecule has 13 heavy (non-hydrogen) atoms. The number of aliphatic hydroxyl groups is 2. The summed E-state index contributed by atoms with van der Waals surface area (Å²) in [7, 11) is 0. The van der Waals surface area contributed by atoms with Crippen LogP contribution in [0.1, 0.15) is 32.6 Å². The largest absolute Gasteiger partial charge is 0.461 e. The molecule has 4 nitrogen and oxygen atoms in total. The first-order chi connectivity index (χ1) is 6.22. The number of esters is 1. The van der Waals surface area contributed by atoms with E-state index in [4.69, 9.17) is 5.11 Å². The van der Waals surface area contributed by atoms with Gasteiger partial charge in [-0.1, -0.05) is 26.2 Å². The van der Waals surface area contributed by atoms with Crippen molar-refractivity contribution < 1.29 is 19.7 Å². The van der Waals surface area contributed by atoms with Crippen molar-refractivity contribution in [3.05, 3.63) is 0 Å². The molecule has 0 fully saturated rings. The summed E-state index contributed by atoms with van der Waals surface area (Å²) in [5, 5.41) is 17.6. The van der Waals surface area contributed by atoms with Crippen LogP contribution in [-0.2, 0) is 9.53 Å². The van der Waals surface area contributed by atoms with E-state index in [1.165, 1.54) is 0 Å². The molecule has 0 aliphatic carbocycles. The van der Waals surface area contributed by atoms with E-state index in [2.05, 4.69) is 11.7 Å². The zero-order valence-corrected chi connectivity index (χ0v) is 8.03. The van der Waals surface area contributed by atoms with Crippen molar-refractivity contribution >= 4 is 5.97 Å². The fourth-order valence-corrected chi connectivity index (χ4v) is 0.948. The topological polar surface area (TPSA) is 66.8 Å². The van der Waals surface area contributed by atoms with Crippen molar-refractivity contribution in [1.29, 1.82) is 0 Å². The molecular weight excluding hydrogens is 172 g/mol. The summed E-state index contributed by atoms with van der Waals surface area (Å²) in [6.45, 7) is 1.81. The minimum atomic E-state index is -1.03. The smallest absolute Gasteiger partial charge is 0.335 e. The molecule has 0 saturated carbocycles. The minimum Gasteiger partial charge on any atom is -0.461 e. The van der Waals surface area contributed by atoms with Gasteiger partial charge in [0.1, 0.15) is 6.61 Å². The summed E-state index contributed by atoms with van der Waals surface area (Å²) in [5.74, 6) is -0.634. The van der Waals surface area contributed by atoms with Crippen LogP contribution in [0.3, 0.4) is 0 Å². The Kier molecular flexibility index (Phi) is 7.63. The second-order valence-corrected chi connectivity index (χ2v) is 2.90. The average molecular weight is 190 g/mol. The number of carbonyl (C=O) groups excluding carboxylic acids is 1. The lowest BCUT2D eigenvalue weighted by molar-refractivity contribution is -0.154. The van der Waals surface area contributed by atoms with Gasteiger partial charge in [-0.15, -0.1) is 0 Å². The molecule has 0 rings (SSSR count). The van der Waals surface area contributed by atoms with Gasteiger partial charge in [0, 0.05) is 0 Å². The van der Waals surface area contributed by atoms with Crippen LogP contribution in [0.2, 0.25) is 0 Å². The summed E-state index contributed by atoms with van der Waals surface area (Å²) in [4.78, 5) is 10.9. The predicted octanol–water partition coefficient (Wildman–Crippen LogP) is 0.463. The molecule has 0 bridgehead atoms. The van der Waals surface area contributed by atoms with E-state index in [9.17, 15) is 9.90 Å². The first-order valence-corrected chi connectivity index (χ1v) is 4.68. The molecule has 0 aromatic carbocycles. The normalized spacial score (nSPS) is 12.5. The van der Waals surface area contributed by atoms with Crippen molar-refractivity contribution in [3.63, 3.8) is 0 Å². The van der Waals surface area contributed by atoms with Crippen molar-refractivity contribution in [2.75, 3.05) is 13.2 Å². The van der Waals surface area contributed by atoms with Gasteiger partial charge in [-0.05, 0) is 6.42 Å². The summed E-state index contributed by atoms with van der Waals surface area (Å²) in [5.41, 5.74) is 0. The highest BCUT2D eigenvalue weighted by molar-refractivity contribution is 5.74. The second kappa shape index (κ2) is 8.01. The fraction of sp³-hybridized carbons (Fsp3) is 0.889. The molecule has 4 heteroatoms. The van der Waals surface area contributed by atoms with E-state index in [0.717, 1.165) is 19.3 Å². The van der Waals surface area contributed by atoms with Crippen LogP contribution in [-0.4, -0.2) is 35.5 Å². The number of rotatable bonds is 7. The molecule has 0 aromatic heterocycles. The van der Waals surface area contributed by atoms with Crippen molar-refractivity contribution in [3.8, 4) is 0 Å². The molecule has 2 N–H and O–H groups in total. The highest BCUT2D eigenvalue weighted by Gasteiger charge is 2.15. The predicted molar refractivity (Wildman–Crippen MR) is 48.2 cm³/mol. The monoisotopic (exact) mass is 190 g/mol. The van der Waals surface area contributed by atoms with E-state index < -0.39 is 12.1 Å². The Bertz CT molecular complexity index is 136. The Hall–Kier alpha value is -0.610. The van der Waals surface area contributed by atoms with Gasteiger partial charge in [0.25, 0.3) is 0 Å². The maximum absolute atomic E-state index is 10.9. The Morgan fingerprint density at radius 2 is 2.15 bits per heavy atom. The molecule has 1 unspecified atom stereocenters. The Balaban J connectivity index is 3.45. The summed E-state index contributed by atoms with van der Waals surface area (Å²) in [6.07, 6.45) is 2.30. The SMILES string of the molecule is CCCCCC(O)C(=O)OCCO. The molecule has 0 amide bonds. The van der Waals surface area contributed by atoms with E-state index in [1.807, 2.05) is 0 Å². The standard InChI is InChI=1S/C9H18O4/c1-2-3-4-5-8(11)9(12)13-7-6-10/h8,10-11H,2-7H2,1H3. The maximum atomic E-state index is 10.9. The van der Waals surface area contributed by atoms with E-state index in [0.29, 0.717) is 6.42 Å². The number of carbonyl (C=O) groups is 1. The molecule has 0 spiro atoms. The summed E-state index contributed by atoms with van der Waals surface area (Å²) >= 11 is 0. The average Bonchev–Trinajstić information content (AvgIpc) is 2.14. The first kappa shape index (κ1) is 12.4. The van der Waals surface area contributed by atoms with Gasteiger partial charge in [-0.2, -0.15) is 0 Å². The molecule has 1 atom stereocenters. The third-order valence-electron chi connectivity index (χ3n) is 1.69. The molecule has 78 valence electrons. The lowest BCUT2D eigenvalue weighted by Crippen LogP contribution is -2.24. The van der Waals surface area contributed by atoms with E-state index >= 15 is 0 Å². The van der Waals surface area contributed by atoms with Gasteiger partial charge in [-0.3, -0.25) is 0 Å². The van der Waals surface area contributed by atoms with Crippen molar-refractivity contribution in [2.45, 2.75) is 38.7 Å². The zero-order valence-electron chi connectivity index (χ0n) is 8.03. The summed E-state index contributed by atoms with van der Waals surface area (Å²) in [6, 6.07) is 0. The van der Waals surface area contributed by atoms with Gasteiger partial charge < -0.3 is 14.9 Å². The Morgan fingerprint density at radius 1 is 1.46 bits per heavy atom. The molecule has 0 saturated heterocycles. The highest BCUT2D eigenvalue weighted by Crippen LogP contribution is 2.04. The van der Waals surface area contributed by atoms with Crippen LogP contribution in [0.15, 0.2) is 0 Å². The van der Waals surface area contributed by atoms with Gasteiger partial charge in [0.15, 0.2) is 6.10 Å². The number of ether oxygens (including phenoxy) is 1.